The van der Waals surface area contributed by atoms with E-state index in [1.54, 1.807) is 6.92 Å². The molecule has 0 aliphatic carbocycles. The molecule has 0 aliphatic rings. The van der Waals surface area contributed by atoms with Crippen LogP contribution in [0.1, 0.15) is 36.3 Å². The molecule has 1 rings (SSSR count). The van der Waals surface area contributed by atoms with E-state index in [4.69, 9.17) is 9.52 Å². The van der Waals surface area contributed by atoms with Crippen molar-refractivity contribution in [2.75, 3.05) is 0 Å². The van der Waals surface area contributed by atoms with Gasteiger partial charge in [-0.3, -0.25) is 4.79 Å². The molecule has 0 bridgehead atoms. The first kappa shape index (κ1) is 10.2. The van der Waals surface area contributed by atoms with E-state index in [1.807, 2.05) is 0 Å². The predicted molar refractivity (Wildman–Crippen MR) is 45.7 cm³/mol. The van der Waals surface area contributed by atoms with Gasteiger partial charge in [0.15, 0.2) is 5.69 Å². The number of rotatable bonds is 3. The van der Waals surface area contributed by atoms with Gasteiger partial charge in [-0.25, -0.2) is 9.78 Å². The summed E-state index contributed by atoms with van der Waals surface area (Å²) in [5, 5.41) is 11.1. The van der Waals surface area contributed by atoms with E-state index in [-0.39, 0.29) is 17.5 Å². The number of carboxylic acid groups (broad SMARTS) is 1. The molecule has 1 aromatic rings. The molecule has 1 amide bonds. The van der Waals surface area contributed by atoms with Gasteiger partial charge in [0, 0.05) is 6.92 Å². The number of carbonyl (C=O) groups is 2. The zero-order valence-electron chi connectivity index (χ0n) is 7.77. The Kier molecular flexibility index (Phi) is 2.85. The van der Waals surface area contributed by atoms with Crippen LogP contribution in [0, 0.1) is 0 Å². The molecular formula is C8H10N2O4. The van der Waals surface area contributed by atoms with Gasteiger partial charge < -0.3 is 14.8 Å². The summed E-state index contributed by atoms with van der Waals surface area (Å²) >= 11 is 0. The molecule has 6 heteroatoms. The third kappa shape index (κ3) is 2.32. The van der Waals surface area contributed by atoms with Crippen molar-refractivity contribution in [1.29, 1.82) is 0 Å². The topological polar surface area (TPSA) is 92.4 Å². The number of amides is 1. The van der Waals surface area contributed by atoms with Crippen LogP contribution >= 0.6 is 0 Å². The highest BCUT2D eigenvalue weighted by Gasteiger charge is 2.15. The minimum Gasteiger partial charge on any atom is -0.476 e. The molecule has 6 nitrogen and oxygen atoms in total. The van der Waals surface area contributed by atoms with Crippen LogP contribution in [0.2, 0.25) is 0 Å². The van der Waals surface area contributed by atoms with Crippen LogP contribution in [-0.4, -0.2) is 22.0 Å². The lowest BCUT2D eigenvalue weighted by atomic mass is 10.3. The van der Waals surface area contributed by atoms with E-state index in [2.05, 4.69) is 10.3 Å². The normalized spacial score (nSPS) is 12.1. The first-order valence-electron chi connectivity index (χ1n) is 3.96. The highest BCUT2D eigenvalue weighted by Crippen LogP contribution is 2.11. The first-order chi connectivity index (χ1) is 6.50. The average Bonchev–Trinajstić information content (AvgIpc) is 2.50. The molecule has 14 heavy (non-hydrogen) atoms. The predicted octanol–water partition coefficient (Wildman–Crippen LogP) is 0.570. The van der Waals surface area contributed by atoms with Crippen molar-refractivity contribution in [3.63, 3.8) is 0 Å². The van der Waals surface area contributed by atoms with Crippen molar-refractivity contribution in [3.05, 3.63) is 17.8 Å². The lowest BCUT2D eigenvalue weighted by Crippen LogP contribution is -2.23. The zero-order valence-corrected chi connectivity index (χ0v) is 7.77. The van der Waals surface area contributed by atoms with E-state index in [9.17, 15) is 9.59 Å². The van der Waals surface area contributed by atoms with Crippen molar-refractivity contribution >= 4 is 11.9 Å². The molecule has 0 spiro atoms. The molecule has 0 aromatic carbocycles. The fourth-order valence-electron chi connectivity index (χ4n) is 0.951. The number of nitrogens with one attached hydrogen (secondary N) is 1. The number of nitrogens with zero attached hydrogens (tertiary/aromatic N) is 1. The molecule has 0 fully saturated rings. The standard InChI is InChI=1S/C8H10N2O4/c1-4(9-5(2)11)7-10-6(3-14-7)8(12)13/h3-4H,1-2H3,(H,9,11)(H,12,13)/t4-/m0/s1. The van der Waals surface area contributed by atoms with Crippen molar-refractivity contribution in [2.24, 2.45) is 0 Å². The molecule has 0 aliphatic heterocycles. The van der Waals surface area contributed by atoms with Gasteiger partial charge in [0.25, 0.3) is 0 Å². The van der Waals surface area contributed by atoms with Crippen molar-refractivity contribution in [2.45, 2.75) is 19.9 Å². The number of aromatic carboxylic acids is 1. The molecule has 1 aromatic heterocycles. The number of carboxylic acids is 1. The molecule has 2 N–H and O–H groups in total. The summed E-state index contributed by atoms with van der Waals surface area (Å²) in [5.74, 6) is -1.21. The Hall–Kier alpha value is -1.85. The average molecular weight is 198 g/mol. The Morgan fingerprint density at radius 1 is 1.64 bits per heavy atom. The van der Waals surface area contributed by atoms with E-state index in [1.165, 1.54) is 6.92 Å². The van der Waals surface area contributed by atoms with E-state index in [0.717, 1.165) is 6.26 Å². The SMILES string of the molecule is CC(=O)N[C@@H](C)c1nc(C(=O)O)co1. The Balaban J connectivity index is 2.76. The fourth-order valence-corrected chi connectivity index (χ4v) is 0.951. The van der Waals surface area contributed by atoms with Gasteiger partial charge in [-0.2, -0.15) is 0 Å². The lowest BCUT2D eigenvalue weighted by Gasteiger charge is -2.06. The highest BCUT2D eigenvalue weighted by molar-refractivity contribution is 5.84. The maximum Gasteiger partial charge on any atom is 0.357 e. The Labute approximate surface area is 79.9 Å². The third-order valence-corrected chi connectivity index (χ3v) is 1.53. The quantitative estimate of drug-likeness (QED) is 0.740. The summed E-state index contributed by atoms with van der Waals surface area (Å²) in [5.41, 5.74) is -0.169. The van der Waals surface area contributed by atoms with E-state index in [0.29, 0.717) is 0 Å². The number of carbonyl (C=O) groups excluding carboxylic acids is 1. The summed E-state index contributed by atoms with van der Waals surface area (Å²) in [6, 6.07) is -0.430. The summed E-state index contributed by atoms with van der Waals surface area (Å²) < 4.78 is 4.88. The van der Waals surface area contributed by atoms with Crippen LogP contribution in [0.5, 0.6) is 0 Å². The second-order valence-corrected chi connectivity index (χ2v) is 2.80. The summed E-state index contributed by atoms with van der Waals surface area (Å²) in [7, 11) is 0. The highest BCUT2D eigenvalue weighted by atomic mass is 16.4. The molecule has 1 heterocycles. The van der Waals surface area contributed by atoms with Crippen molar-refractivity contribution in [1.82, 2.24) is 10.3 Å². The molecule has 0 saturated carbocycles. The monoisotopic (exact) mass is 198 g/mol. The molecule has 0 saturated heterocycles. The van der Waals surface area contributed by atoms with Crippen LogP contribution in [0.25, 0.3) is 0 Å². The molecule has 76 valence electrons. The maximum absolute atomic E-state index is 10.7. The summed E-state index contributed by atoms with van der Waals surface area (Å²) in [4.78, 5) is 24.8. The van der Waals surface area contributed by atoms with Crippen LogP contribution in [0.4, 0.5) is 0 Å². The third-order valence-electron chi connectivity index (χ3n) is 1.53. The van der Waals surface area contributed by atoms with Crippen molar-refractivity contribution < 1.29 is 19.1 Å². The maximum atomic E-state index is 10.7. The zero-order chi connectivity index (χ0) is 10.7. The Morgan fingerprint density at radius 2 is 2.29 bits per heavy atom. The molecule has 0 unspecified atom stereocenters. The second-order valence-electron chi connectivity index (χ2n) is 2.80. The van der Waals surface area contributed by atoms with Gasteiger partial charge in [0.2, 0.25) is 11.8 Å². The lowest BCUT2D eigenvalue weighted by molar-refractivity contribution is -0.119. The largest absolute Gasteiger partial charge is 0.476 e. The van der Waals surface area contributed by atoms with E-state index >= 15 is 0 Å². The Bertz CT molecular complexity index is 358. The van der Waals surface area contributed by atoms with Crippen LogP contribution in [0.15, 0.2) is 10.7 Å². The Morgan fingerprint density at radius 3 is 2.71 bits per heavy atom. The molecule has 0 radical (unpaired) electrons. The molecule has 1 atom stereocenters. The summed E-state index contributed by atoms with van der Waals surface area (Å²) in [6.07, 6.45) is 1.04. The number of hydrogen-bond acceptors (Lipinski definition) is 4. The van der Waals surface area contributed by atoms with E-state index < -0.39 is 12.0 Å². The van der Waals surface area contributed by atoms with Gasteiger partial charge in [0.05, 0.1) is 0 Å². The number of aromatic nitrogens is 1. The smallest absolute Gasteiger partial charge is 0.357 e. The van der Waals surface area contributed by atoms with Gasteiger partial charge in [-0.05, 0) is 6.92 Å². The first-order valence-corrected chi connectivity index (χ1v) is 3.96. The second kappa shape index (κ2) is 3.91. The summed E-state index contributed by atoms with van der Waals surface area (Å²) in [6.45, 7) is 3.01. The van der Waals surface area contributed by atoms with Gasteiger partial charge in [-0.15, -0.1) is 0 Å². The van der Waals surface area contributed by atoms with Gasteiger partial charge in [-0.1, -0.05) is 0 Å². The minimum atomic E-state index is -1.16. The fraction of sp³-hybridized carbons (Fsp3) is 0.375. The number of oxazole rings is 1. The van der Waals surface area contributed by atoms with Crippen LogP contribution in [0.3, 0.4) is 0 Å². The minimum absolute atomic E-state index is 0.169. The van der Waals surface area contributed by atoms with Gasteiger partial charge in [0.1, 0.15) is 12.3 Å². The molecular weight excluding hydrogens is 188 g/mol. The van der Waals surface area contributed by atoms with Crippen LogP contribution < -0.4 is 5.32 Å². The number of hydrogen-bond donors (Lipinski definition) is 2. The van der Waals surface area contributed by atoms with Gasteiger partial charge >= 0.3 is 5.97 Å². The van der Waals surface area contributed by atoms with Crippen molar-refractivity contribution in [3.8, 4) is 0 Å². The van der Waals surface area contributed by atoms with Crippen LogP contribution in [-0.2, 0) is 4.79 Å².